The predicted molar refractivity (Wildman–Crippen MR) is 105 cm³/mol. The van der Waals surface area contributed by atoms with Gasteiger partial charge in [-0.1, -0.05) is 30.3 Å². The summed E-state index contributed by atoms with van der Waals surface area (Å²) in [5.41, 5.74) is 5.59. The molecule has 2 aromatic carbocycles. The number of imidazole rings is 2. The Bertz CT molecular complexity index is 1250. The Morgan fingerprint density at radius 1 is 0.923 bits per heavy atom. The molecule has 5 aromatic rings. The molecule has 26 heavy (non-hydrogen) atoms. The van der Waals surface area contributed by atoms with Gasteiger partial charge in [0, 0.05) is 23.6 Å². The summed E-state index contributed by atoms with van der Waals surface area (Å²) in [7, 11) is 0. The first kappa shape index (κ1) is 14.9. The van der Waals surface area contributed by atoms with Crippen molar-refractivity contribution in [2.45, 2.75) is 13.8 Å². The van der Waals surface area contributed by atoms with E-state index in [-0.39, 0.29) is 0 Å². The zero-order valence-corrected chi connectivity index (χ0v) is 14.7. The van der Waals surface area contributed by atoms with Gasteiger partial charge in [-0.2, -0.15) is 0 Å². The van der Waals surface area contributed by atoms with Gasteiger partial charge in [0.05, 0.1) is 23.7 Å². The van der Waals surface area contributed by atoms with Crippen molar-refractivity contribution >= 4 is 16.3 Å². The molecule has 0 aliphatic carbocycles. The molecule has 0 saturated heterocycles. The molecule has 0 atom stereocenters. The highest BCUT2D eigenvalue weighted by Gasteiger charge is 2.16. The number of hydrogen-bond donors (Lipinski definition) is 0. The van der Waals surface area contributed by atoms with Gasteiger partial charge in [0.25, 0.3) is 0 Å². The van der Waals surface area contributed by atoms with Crippen LogP contribution < -0.4 is 0 Å². The van der Waals surface area contributed by atoms with Crippen LogP contribution in [0.25, 0.3) is 33.4 Å². The van der Waals surface area contributed by atoms with E-state index in [1.807, 2.05) is 25.5 Å². The minimum atomic E-state index is 0.973. The fourth-order valence-corrected chi connectivity index (χ4v) is 3.60. The largest absolute Gasteiger partial charge is 0.306 e. The lowest BCUT2D eigenvalue weighted by atomic mass is 10.00. The molecular formula is C22H18N4. The predicted octanol–water partition coefficient (Wildman–Crippen LogP) is 4.96. The van der Waals surface area contributed by atoms with Crippen molar-refractivity contribution in [3.8, 4) is 17.1 Å². The molecule has 5 rings (SSSR count). The van der Waals surface area contributed by atoms with Gasteiger partial charge >= 0.3 is 0 Å². The van der Waals surface area contributed by atoms with Crippen LogP contribution in [0, 0.1) is 13.8 Å². The quantitative estimate of drug-likeness (QED) is 0.456. The number of nitrogens with zero attached hydrogens (tertiary/aromatic N) is 4. The summed E-state index contributed by atoms with van der Waals surface area (Å²) >= 11 is 0. The minimum absolute atomic E-state index is 0.973. The number of aryl methyl sites for hydroxylation is 2. The van der Waals surface area contributed by atoms with E-state index >= 15 is 0 Å². The number of pyridine rings is 1. The third kappa shape index (κ3) is 2.23. The van der Waals surface area contributed by atoms with Crippen molar-refractivity contribution in [1.29, 1.82) is 0 Å². The average molecular weight is 338 g/mol. The summed E-state index contributed by atoms with van der Waals surface area (Å²) in [6.07, 6.45) is 7.95. The molecule has 0 unspecified atom stereocenters. The summed E-state index contributed by atoms with van der Waals surface area (Å²) in [5, 5.41) is 2.37. The van der Waals surface area contributed by atoms with Crippen molar-refractivity contribution in [2.75, 3.05) is 0 Å². The standard InChI is InChI=1S/C22H18N4/c1-15-8-9-17-13-25-14-23-11-19(25)10-20(17)21(15)22-24-16(2)12-26(22)18-6-4-3-5-7-18/h3-14H,1-2H3. The van der Waals surface area contributed by atoms with Crippen LogP contribution >= 0.6 is 0 Å². The first-order valence-electron chi connectivity index (χ1n) is 8.67. The second kappa shape index (κ2) is 5.56. The number of para-hydroxylation sites is 1. The number of rotatable bonds is 2. The average Bonchev–Trinajstić information content (AvgIpc) is 3.26. The molecule has 0 fully saturated rings. The second-order valence-electron chi connectivity index (χ2n) is 6.67. The Labute approximate surface area is 151 Å². The van der Waals surface area contributed by atoms with Crippen molar-refractivity contribution in [3.05, 3.63) is 84.7 Å². The molecule has 3 aromatic heterocycles. The normalized spacial score (nSPS) is 11.5. The lowest BCUT2D eigenvalue weighted by Crippen LogP contribution is -1.98. The molecule has 0 spiro atoms. The van der Waals surface area contributed by atoms with E-state index in [1.165, 1.54) is 21.9 Å². The number of fused-ring (bicyclic) bond motifs is 2. The first-order chi connectivity index (χ1) is 12.7. The van der Waals surface area contributed by atoms with Gasteiger partial charge in [0.15, 0.2) is 0 Å². The fourth-order valence-electron chi connectivity index (χ4n) is 3.60. The van der Waals surface area contributed by atoms with E-state index in [0.717, 1.165) is 22.7 Å². The van der Waals surface area contributed by atoms with Gasteiger partial charge in [-0.3, -0.25) is 4.57 Å². The van der Waals surface area contributed by atoms with Gasteiger partial charge in [-0.25, -0.2) is 9.97 Å². The SMILES string of the molecule is Cc1cn(-c2ccccc2)c(-c2c(C)ccc3cn4cncc4cc23)n1. The van der Waals surface area contributed by atoms with Crippen molar-refractivity contribution in [2.24, 2.45) is 0 Å². The zero-order valence-electron chi connectivity index (χ0n) is 14.7. The highest BCUT2D eigenvalue weighted by molar-refractivity contribution is 5.98. The van der Waals surface area contributed by atoms with Gasteiger partial charge in [-0.05, 0) is 48.4 Å². The lowest BCUT2D eigenvalue weighted by Gasteiger charge is -2.13. The Kier molecular flexibility index (Phi) is 3.19. The maximum atomic E-state index is 4.88. The molecule has 0 aliphatic rings. The van der Waals surface area contributed by atoms with Crippen LogP contribution in [0.2, 0.25) is 0 Å². The molecule has 3 heterocycles. The Morgan fingerprint density at radius 2 is 1.77 bits per heavy atom. The molecular weight excluding hydrogens is 320 g/mol. The first-order valence-corrected chi connectivity index (χ1v) is 8.67. The maximum Gasteiger partial charge on any atom is 0.145 e. The third-order valence-electron chi connectivity index (χ3n) is 4.84. The summed E-state index contributed by atoms with van der Waals surface area (Å²) < 4.78 is 4.23. The van der Waals surface area contributed by atoms with E-state index in [1.54, 1.807) is 0 Å². The molecule has 0 aliphatic heterocycles. The van der Waals surface area contributed by atoms with Gasteiger partial charge in [0.2, 0.25) is 0 Å². The molecule has 0 bridgehead atoms. The topological polar surface area (TPSA) is 35.1 Å². The third-order valence-corrected chi connectivity index (χ3v) is 4.84. The lowest BCUT2D eigenvalue weighted by molar-refractivity contribution is 1.07. The number of hydrogen-bond acceptors (Lipinski definition) is 2. The molecule has 0 N–H and O–H groups in total. The molecule has 126 valence electrons. The van der Waals surface area contributed by atoms with E-state index in [0.29, 0.717) is 0 Å². The Balaban J connectivity index is 1.86. The van der Waals surface area contributed by atoms with E-state index in [4.69, 9.17) is 4.98 Å². The maximum absolute atomic E-state index is 4.88. The highest BCUT2D eigenvalue weighted by atomic mass is 15.1. The zero-order chi connectivity index (χ0) is 17.7. The van der Waals surface area contributed by atoms with E-state index < -0.39 is 0 Å². The molecule has 0 saturated carbocycles. The number of benzene rings is 2. The molecule has 0 radical (unpaired) electrons. The summed E-state index contributed by atoms with van der Waals surface area (Å²) in [6.45, 7) is 4.19. The van der Waals surface area contributed by atoms with Gasteiger partial charge in [0.1, 0.15) is 5.82 Å². The summed E-state index contributed by atoms with van der Waals surface area (Å²) in [4.78, 5) is 9.14. The highest BCUT2D eigenvalue weighted by Crippen LogP contribution is 2.33. The second-order valence-corrected chi connectivity index (χ2v) is 6.67. The summed E-state index contributed by atoms with van der Waals surface area (Å²) in [5.74, 6) is 0.973. The summed E-state index contributed by atoms with van der Waals surface area (Å²) in [6, 6.07) is 16.9. The Morgan fingerprint density at radius 3 is 2.62 bits per heavy atom. The monoisotopic (exact) mass is 338 g/mol. The van der Waals surface area contributed by atoms with E-state index in [2.05, 4.69) is 75.7 Å². The minimum Gasteiger partial charge on any atom is -0.306 e. The van der Waals surface area contributed by atoms with Crippen LogP contribution in [0.3, 0.4) is 0 Å². The van der Waals surface area contributed by atoms with Crippen LogP contribution in [0.15, 0.2) is 73.4 Å². The van der Waals surface area contributed by atoms with Crippen molar-refractivity contribution in [1.82, 2.24) is 18.9 Å². The van der Waals surface area contributed by atoms with Crippen LogP contribution in [0.5, 0.6) is 0 Å². The fraction of sp³-hybridized carbons (Fsp3) is 0.0909. The van der Waals surface area contributed by atoms with E-state index in [9.17, 15) is 0 Å². The van der Waals surface area contributed by atoms with Crippen molar-refractivity contribution < 1.29 is 0 Å². The Hall–Kier alpha value is -3.40. The van der Waals surface area contributed by atoms with Crippen LogP contribution in [-0.2, 0) is 0 Å². The molecule has 0 amide bonds. The smallest absolute Gasteiger partial charge is 0.145 e. The van der Waals surface area contributed by atoms with Crippen molar-refractivity contribution in [3.63, 3.8) is 0 Å². The van der Waals surface area contributed by atoms with Gasteiger partial charge in [-0.15, -0.1) is 0 Å². The van der Waals surface area contributed by atoms with Crippen LogP contribution in [-0.4, -0.2) is 18.9 Å². The molecule has 4 nitrogen and oxygen atoms in total. The number of aromatic nitrogens is 4. The molecule has 4 heteroatoms. The van der Waals surface area contributed by atoms with Crippen LogP contribution in [0.1, 0.15) is 11.3 Å². The van der Waals surface area contributed by atoms with Crippen LogP contribution in [0.4, 0.5) is 0 Å². The van der Waals surface area contributed by atoms with Gasteiger partial charge < -0.3 is 4.40 Å².